The van der Waals surface area contributed by atoms with E-state index in [0.717, 1.165) is 37.6 Å². The van der Waals surface area contributed by atoms with Crippen LogP contribution in [0.15, 0.2) is 59.7 Å². The van der Waals surface area contributed by atoms with Gasteiger partial charge in [0.2, 0.25) is 0 Å². The zero-order valence-electron chi connectivity index (χ0n) is 13.8. The van der Waals surface area contributed by atoms with E-state index in [9.17, 15) is 0 Å². The lowest BCUT2D eigenvalue weighted by Gasteiger charge is -2.35. The summed E-state index contributed by atoms with van der Waals surface area (Å²) in [6.07, 6.45) is 0. The number of anilines is 1. The van der Waals surface area contributed by atoms with E-state index in [2.05, 4.69) is 41.1 Å². The van der Waals surface area contributed by atoms with E-state index >= 15 is 0 Å². The number of piperazine rings is 1. The fourth-order valence-electron chi connectivity index (χ4n) is 2.88. The Kier molecular flexibility index (Phi) is 4.81. The molecule has 4 heteroatoms. The summed E-state index contributed by atoms with van der Waals surface area (Å²) in [6.45, 7) is 5.81. The second kappa shape index (κ2) is 7.18. The van der Waals surface area contributed by atoms with Crippen molar-refractivity contribution in [1.82, 2.24) is 5.01 Å². The Morgan fingerprint density at radius 3 is 2.26 bits per heavy atom. The summed E-state index contributed by atoms with van der Waals surface area (Å²) in [5.74, 6) is 0.935. The highest BCUT2D eigenvalue weighted by Gasteiger charge is 2.18. The fraction of sp³-hybridized carbons (Fsp3) is 0.316. The molecule has 0 atom stereocenters. The van der Waals surface area contributed by atoms with Gasteiger partial charge in [0.05, 0.1) is 31.6 Å². The van der Waals surface area contributed by atoms with Crippen molar-refractivity contribution in [3.63, 3.8) is 0 Å². The molecule has 1 saturated heterocycles. The molecule has 0 unspecified atom stereocenters. The SMILES string of the molecule is COc1ccccc1N1CCN(/N=C(/C)c2ccccc2)CC1. The normalized spacial score (nSPS) is 15.7. The number of hydrazone groups is 1. The molecule has 2 aromatic rings. The van der Waals surface area contributed by atoms with Crippen LogP contribution in [0.2, 0.25) is 0 Å². The first kappa shape index (κ1) is 15.4. The zero-order chi connectivity index (χ0) is 16.1. The van der Waals surface area contributed by atoms with Gasteiger partial charge in [-0.15, -0.1) is 0 Å². The largest absolute Gasteiger partial charge is 0.495 e. The molecule has 120 valence electrons. The maximum atomic E-state index is 5.46. The molecule has 4 nitrogen and oxygen atoms in total. The first-order chi connectivity index (χ1) is 11.3. The molecular weight excluding hydrogens is 286 g/mol. The highest BCUT2D eigenvalue weighted by Crippen LogP contribution is 2.28. The Hall–Kier alpha value is -2.49. The molecule has 23 heavy (non-hydrogen) atoms. The van der Waals surface area contributed by atoms with Crippen LogP contribution in [0.4, 0.5) is 5.69 Å². The fourth-order valence-corrected chi connectivity index (χ4v) is 2.88. The van der Waals surface area contributed by atoms with Gasteiger partial charge in [0.15, 0.2) is 0 Å². The molecule has 0 spiro atoms. The van der Waals surface area contributed by atoms with Gasteiger partial charge in [-0.1, -0.05) is 42.5 Å². The first-order valence-corrected chi connectivity index (χ1v) is 8.01. The standard InChI is InChI=1S/C19H23N3O/c1-16(17-8-4-3-5-9-17)20-22-14-12-21(13-15-22)18-10-6-7-11-19(18)23-2/h3-11H,12-15H2,1-2H3/b20-16-. The van der Waals surface area contributed by atoms with Gasteiger partial charge >= 0.3 is 0 Å². The molecular formula is C19H23N3O. The van der Waals surface area contributed by atoms with Crippen LogP contribution in [0.1, 0.15) is 12.5 Å². The maximum absolute atomic E-state index is 5.46. The van der Waals surface area contributed by atoms with E-state index in [1.165, 1.54) is 11.3 Å². The van der Waals surface area contributed by atoms with Crippen molar-refractivity contribution in [2.75, 3.05) is 38.2 Å². The number of para-hydroxylation sites is 2. The predicted octanol–water partition coefficient (Wildman–Crippen LogP) is 3.24. The number of ether oxygens (including phenoxy) is 1. The molecule has 1 aliphatic heterocycles. The minimum Gasteiger partial charge on any atom is -0.495 e. The van der Waals surface area contributed by atoms with Crippen LogP contribution in [0.3, 0.4) is 0 Å². The Labute approximate surface area is 138 Å². The van der Waals surface area contributed by atoms with Gasteiger partial charge in [0.25, 0.3) is 0 Å². The highest BCUT2D eigenvalue weighted by atomic mass is 16.5. The average Bonchev–Trinajstić information content (AvgIpc) is 2.63. The number of benzene rings is 2. The lowest BCUT2D eigenvalue weighted by Crippen LogP contribution is -2.44. The second-order valence-corrected chi connectivity index (χ2v) is 5.66. The van der Waals surface area contributed by atoms with E-state index in [1.807, 2.05) is 30.3 Å². The van der Waals surface area contributed by atoms with Gasteiger partial charge in [-0.3, -0.25) is 5.01 Å². The van der Waals surface area contributed by atoms with Crippen LogP contribution in [0, 0.1) is 0 Å². The molecule has 2 aromatic carbocycles. The summed E-state index contributed by atoms with van der Waals surface area (Å²) in [4.78, 5) is 2.36. The van der Waals surface area contributed by atoms with Crippen molar-refractivity contribution in [2.45, 2.75) is 6.92 Å². The Morgan fingerprint density at radius 1 is 0.913 bits per heavy atom. The van der Waals surface area contributed by atoms with Crippen molar-refractivity contribution >= 4 is 11.4 Å². The van der Waals surface area contributed by atoms with Gasteiger partial charge in [0.1, 0.15) is 5.75 Å². The minimum absolute atomic E-state index is 0.919. The lowest BCUT2D eigenvalue weighted by molar-refractivity contribution is 0.269. The van der Waals surface area contributed by atoms with Crippen LogP contribution in [0.25, 0.3) is 0 Å². The van der Waals surface area contributed by atoms with Gasteiger partial charge in [0, 0.05) is 13.1 Å². The van der Waals surface area contributed by atoms with Crippen molar-refractivity contribution in [1.29, 1.82) is 0 Å². The van der Waals surface area contributed by atoms with E-state index in [0.29, 0.717) is 0 Å². The molecule has 0 N–H and O–H groups in total. The molecule has 0 radical (unpaired) electrons. The smallest absolute Gasteiger partial charge is 0.142 e. The predicted molar refractivity (Wildman–Crippen MR) is 95.4 cm³/mol. The molecule has 1 aliphatic rings. The average molecular weight is 309 g/mol. The van der Waals surface area contributed by atoms with Crippen LogP contribution in [0.5, 0.6) is 5.75 Å². The lowest BCUT2D eigenvalue weighted by atomic mass is 10.1. The number of methoxy groups -OCH3 is 1. The molecule has 0 aromatic heterocycles. The van der Waals surface area contributed by atoms with Crippen LogP contribution < -0.4 is 9.64 Å². The van der Waals surface area contributed by atoms with Crippen LogP contribution in [-0.2, 0) is 0 Å². The van der Waals surface area contributed by atoms with E-state index in [-0.39, 0.29) is 0 Å². The summed E-state index contributed by atoms with van der Waals surface area (Å²) in [5.41, 5.74) is 3.41. The molecule has 0 bridgehead atoms. The quantitative estimate of drug-likeness (QED) is 0.812. The third kappa shape index (κ3) is 3.65. The topological polar surface area (TPSA) is 28.1 Å². The van der Waals surface area contributed by atoms with Crippen molar-refractivity contribution in [3.05, 3.63) is 60.2 Å². The third-order valence-electron chi connectivity index (χ3n) is 4.16. The number of nitrogens with zero attached hydrogens (tertiary/aromatic N) is 3. The van der Waals surface area contributed by atoms with Gasteiger partial charge in [-0.2, -0.15) is 5.10 Å². The molecule has 0 amide bonds. The number of hydrogen-bond acceptors (Lipinski definition) is 4. The van der Waals surface area contributed by atoms with E-state index in [4.69, 9.17) is 9.84 Å². The monoisotopic (exact) mass is 309 g/mol. The third-order valence-corrected chi connectivity index (χ3v) is 4.16. The molecule has 1 fully saturated rings. The number of rotatable bonds is 4. The second-order valence-electron chi connectivity index (χ2n) is 5.66. The van der Waals surface area contributed by atoms with Gasteiger partial charge in [-0.05, 0) is 24.6 Å². The highest BCUT2D eigenvalue weighted by molar-refractivity contribution is 5.98. The van der Waals surface area contributed by atoms with Crippen molar-refractivity contribution in [2.24, 2.45) is 5.10 Å². The summed E-state index contributed by atoms with van der Waals surface area (Å²) >= 11 is 0. The Balaban J connectivity index is 1.65. The summed E-state index contributed by atoms with van der Waals surface area (Å²) in [7, 11) is 1.72. The molecule has 1 heterocycles. The number of hydrogen-bond donors (Lipinski definition) is 0. The van der Waals surface area contributed by atoms with Crippen molar-refractivity contribution < 1.29 is 4.74 Å². The Morgan fingerprint density at radius 2 is 1.57 bits per heavy atom. The molecule has 0 aliphatic carbocycles. The molecule has 0 saturated carbocycles. The maximum Gasteiger partial charge on any atom is 0.142 e. The van der Waals surface area contributed by atoms with Crippen molar-refractivity contribution in [3.8, 4) is 5.75 Å². The summed E-state index contributed by atoms with van der Waals surface area (Å²) in [5, 5.41) is 6.93. The van der Waals surface area contributed by atoms with Crippen LogP contribution in [-0.4, -0.2) is 44.0 Å². The van der Waals surface area contributed by atoms with Crippen LogP contribution >= 0.6 is 0 Å². The summed E-state index contributed by atoms with van der Waals surface area (Å²) in [6, 6.07) is 18.5. The first-order valence-electron chi connectivity index (χ1n) is 8.01. The van der Waals surface area contributed by atoms with Gasteiger partial charge in [-0.25, -0.2) is 0 Å². The Bertz CT molecular complexity index is 661. The van der Waals surface area contributed by atoms with Gasteiger partial charge < -0.3 is 9.64 Å². The van der Waals surface area contributed by atoms with E-state index < -0.39 is 0 Å². The zero-order valence-corrected chi connectivity index (χ0v) is 13.8. The minimum atomic E-state index is 0.919. The molecule has 3 rings (SSSR count). The van der Waals surface area contributed by atoms with E-state index in [1.54, 1.807) is 7.11 Å². The summed E-state index contributed by atoms with van der Waals surface area (Å²) < 4.78 is 5.46.